The van der Waals surface area contributed by atoms with E-state index in [0.717, 1.165) is 10.9 Å². The number of esters is 1. The minimum Gasteiger partial charge on any atom is -0.474 e. The summed E-state index contributed by atoms with van der Waals surface area (Å²) >= 11 is 0. The second kappa shape index (κ2) is 10.3. The number of nitrogens with one attached hydrogen (secondary N) is 1. The number of aromatic nitrogens is 3. The predicted molar refractivity (Wildman–Crippen MR) is 151 cm³/mol. The molecule has 3 aromatic rings. The van der Waals surface area contributed by atoms with E-state index in [-0.39, 0.29) is 23.7 Å². The molecule has 0 amide bonds. The van der Waals surface area contributed by atoms with Crippen molar-refractivity contribution in [3.05, 3.63) is 47.4 Å². The van der Waals surface area contributed by atoms with Gasteiger partial charge in [0.2, 0.25) is 5.88 Å². The Bertz CT molecular complexity index is 1520. The number of fused-ring (bicyclic) bond motifs is 2. The smallest absolute Gasteiger partial charge is 0.340 e. The minimum absolute atomic E-state index is 0.0223. The Balaban J connectivity index is 1.71. The fourth-order valence-electron chi connectivity index (χ4n) is 4.44. The highest BCUT2D eigenvalue weighted by molar-refractivity contribution is 7.90. The normalized spacial score (nSPS) is 19.1. The summed E-state index contributed by atoms with van der Waals surface area (Å²) in [6.45, 7) is 11.5. The summed E-state index contributed by atoms with van der Waals surface area (Å²) in [5, 5.41) is 4.75. The van der Waals surface area contributed by atoms with Crippen molar-refractivity contribution < 1.29 is 22.7 Å². The van der Waals surface area contributed by atoms with Crippen LogP contribution in [0.3, 0.4) is 0 Å². The van der Waals surface area contributed by atoms with Gasteiger partial charge < -0.3 is 20.5 Å². The molecule has 0 unspecified atom stereocenters. The van der Waals surface area contributed by atoms with Crippen LogP contribution in [0.4, 0.5) is 11.6 Å². The molecule has 0 radical (unpaired) electrons. The lowest BCUT2D eigenvalue weighted by Gasteiger charge is -2.36. The Labute approximate surface area is 229 Å². The highest BCUT2D eigenvalue weighted by Crippen LogP contribution is 2.38. The van der Waals surface area contributed by atoms with Crippen molar-refractivity contribution in [2.75, 3.05) is 17.3 Å². The molecule has 1 aliphatic rings. The van der Waals surface area contributed by atoms with Gasteiger partial charge in [-0.3, -0.25) is 0 Å². The van der Waals surface area contributed by atoms with E-state index in [9.17, 15) is 13.2 Å². The Hall–Kier alpha value is -3.31. The highest BCUT2D eigenvalue weighted by Gasteiger charge is 2.40. The van der Waals surface area contributed by atoms with E-state index in [0.29, 0.717) is 47.0 Å². The van der Waals surface area contributed by atoms with Gasteiger partial charge in [-0.1, -0.05) is 13.8 Å². The van der Waals surface area contributed by atoms with E-state index in [1.165, 1.54) is 6.26 Å². The topological polar surface area (TPSA) is 146 Å². The Morgan fingerprint density at radius 1 is 1.21 bits per heavy atom. The number of nitrogens with zero attached hydrogens (tertiary/aromatic N) is 3. The SMILES string of the molecule is CC[C@@](C)(N)c1cnc(O[C@@H](C)CCS(C)(=O)=O)c2cnc(Nc3ccc4c(n3)[C@@H](C)C(C)(C)OC4=O)cc12. The van der Waals surface area contributed by atoms with E-state index in [4.69, 9.17) is 20.2 Å². The molecule has 4 rings (SSSR count). The number of anilines is 2. The zero-order valence-electron chi connectivity index (χ0n) is 23.5. The van der Waals surface area contributed by atoms with Crippen LogP contribution < -0.4 is 15.8 Å². The van der Waals surface area contributed by atoms with Crippen molar-refractivity contribution in [2.24, 2.45) is 5.73 Å². The molecule has 210 valence electrons. The van der Waals surface area contributed by atoms with Gasteiger partial charge in [0.15, 0.2) is 0 Å². The van der Waals surface area contributed by atoms with Crippen LogP contribution in [0.1, 0.15) is 81.9 Å². The third kappa shape index (κ3) is 6.14. The molecule has 1 aliphatic heterocycles. The predicted octanol–water partition coefficient (Wildman–Crippen LogP) is 4.61. The second-order valence-electron chi connectivity index (χ2n) is 11.2. The van der Waals surface area contributed by atoms with Crippen LogP contribution in [0, 0.1) is 0 Å². The summed E-state index contributed by atoms with van der Waals surface area (Å²) in [7, 11) is -3.11. The summed E-state index contributed by atoms with van der Waals surface area (Å²) in [5.74, 6) is 0.992. The largest absolute Gasteiger partial charge is 0.474 e. The molecule has 0 aromatic carbocycles. The van der Waals surface area contributed by atoms with Crippen LogP contribution in [0.5, 0.6) is 5.88 Å². The lowest BCUT2D eigenvalue weighted by atomic mass is 9.84. The lowest BCUT2D eigenvalue weighted by Crippen LogP contribution is -2.39. The molecule has 0 fully saturated rings. The average Bonchev–Trinajstić information content (AvgIpc) is 2.85. The molecular formula is C28H37N5O5S. The summed E-state index contributed by atoms with van der Waals surface area (Å²) in [4.78, 5) is 26.3. The van der Waals surface area contributed by atoms with Gasteiger partial charge in [0.25, 0.3) is 0 Å². The molecule has 0 aliphatic carbocycles. The van der Waals surface area contributed by atoms with Crippen molar-refractivity contribution in [1.82, 2.24) is 15.0 Å². The minimum atomic E-state index is -3.11. The summed E-state index contributed by atoms with van der Waals surface area (Å²) in [6, 6.07) is 5.32. The Morgan fingerprint density at radius 3 is 2.59 bits per heavy atom. The van der Waals surface area contributed by atoms with Crippen LogP contribution in [-0.4, -0.2) is 53.1 Å². The molecule has 0 saturated carbocycles. The number of hydrogen-bond acceptors (Lipinski definition) is 10. The van der Waals surface area contributed by atoms with Gasteiger partial charge in [-0.15, -0.1) is 0 Å². The average molecular weight is 556 g/mol. The number of cyclic esters (lactones) is 1. The number of hydrogen-bond donors (Lipinski definition) is 2. The molecular weight excluding hydrogens is 518 g/mol. The maximum absolute atomic E-state index is 12.5. The zero-order chi connectivity index (χ0) is 28.8. The first-order valence-corrected chi connectivity index (χ1v) is 15.1. The van der Waals surface area contributed by atoms with E-state index in [1.54, 1.807) is 24.5 Å². The summed E-state index contributed by atoms with van der Waals surface area (Å²) in [5.41, 5.74) is 7.28. The monoisotopic (exact) mass is 555 g/mol. The van der Waals surface area contributed by atoms with Crippen molar-refractivity contribution in [3.8, 4) is 5.88 Å². The maximum Gasteiger partial charge on any atom is 0.340 e. The first-order chi connectivity index (χ1) is 18.1. The van der Waals surface area contributed by atoms with Crippen molar-refractivity contribution in [3.63, 3.8) is 0 Å². The Morgan fingerprint density at radius 2 is 1.92 bits per heavy atom. The van der Waals surface area contributed by atoms with Crippen molar-refractivity contribution >= 4 is 38.2 Å². The van der Waals surface area contributed by atoms with Gasteiger partial charge in [-0.05, 0) is 69.7 Å². The molecule has 4 heterocycles. The first kappa shape index (κ1) is 28.7. The fraction of sp³-hybridized carbons (Fsp3) is 0.500. The quantitative estimate of drug-likeness (QED) is 0.359. The fourth-order valence-corrected chi connectivity index (χ4v) is 5.20. The first-order valence-electron chi connectivity index (χ1n) is 13.0. The Kier molecular flexibility index (Phi) is 7.61. The van der Waals surface area contributed by atoms with Crippen LogP contribution in [0.2, 0.25) is 0 Å². The van der Waals surface area contributed by atoms with Crippen LogP contribution in [0.15, 0.2) is 30.6 Å². The van der Waals surface area contributed by atoms with E-state index in [2.05, 4.69) is 15.3 Å². The van der Waals surface area contributed by atoms with Gasteiger partial charge in [0.05, 0.1) is 28.5 Å². The molecule has 3 atom stereocenters. The zero-order valence-corrected chi connectivity index (χ0v) is 24.3. The number of pyridine rings is 3. The number of sulfone groups is 1. The number of rotatable bonds is 9. The van der Waals surface area contributed by atoms with Gasteiger partial charge in [0, 0.05) is 30.1 Å². The van der Waals surface area contributed by atoms with Crippen LogP contribution >= 0.6 is 0 Å². The number of carbonyl (C=O) groups is 1. The standard InChI is InChI=1S/C28H37N5O5S/c1-8-28(6,29)21-15-31-25(37-16(2)11-12-39(7,35)36)20-14-30-23(13-19(20)21)32-22-10-9-18-24(33-22)17(3)27(4,5)38-26(18)34/h9-10,13-17H,8,11-12,29H2,1-7H3,(H,30,32,33)/t16-,17+,28+/m0/s1. The molecule has 3 N–H and O–H groups in total. The second-order valence-corrected chi connectivity index (χ2v) is 13.4. The third-order valence-corrected chi connectivity index (χ3v) is 8.48. The molecule has 3 aromatic heterocycles. The molecule has 39 heavy (non-hydrogen) atoms. The third-order valence-electron chi connectivity index (χ3n) is 7.50. The molecule has 10 nitrogen and oxygen atoms in total. The maximum atomic E-state index is 12.5. The van der Waals surface area contributed by atoms with E-state index in [1.807, 2.05) is 47.6 Å². The molecule has 0 bridgehead atoms. The summed E-state index contributed by atoms with van der Waals surface area (Å²) < 4.78 is 34.8. The van der Waals surface area contributed by atoms with Gasteiger partial charge in [0.1, 0.15) is 27.1 Å². The number of carbonyl (C=O) groups excluding carboxylic acids is 1. The van der Waals surface area contributed by atoms with Crippen molar-refractivity contribution in [2.45, 2.75) is 77.5 Å². The molecule has 0 saturated heterocycles. The number of nitrogens with two attached hydrogens (primary N) is 1. The molecule has 11 heteroatoms. The highest BCUT2D eigenvalue weighted by atomic mass is 32.2. The summed E-state index contributed by atoms with van der Waals surface area (Å²) in [6.07, 6.45) is 5.23. The van der Waals surface area contributed by atoms with Crippen LogP contribution in [0.25, 0.3) is 10.8 Å². The van der Waals surface area contributed by atoms with Crippen LogP contribution in [-0.2, 0) is 20.1 Å². The molecule has 0 spiro atoms. The van der Waals surface area contributed by atoms with E-state index < -0.39 is 21.0 Å². The number of ether oxygens (including phenoxy) is 2. The van der Waals surface area contributed by atoms with Crippen molar-refractivity contribution in [1.29, 1.82) is 0 Å². The van der Waals surface area contributed by atoms with Gasteiger partial charge in [-0.2, -0.15) is 0 Å². The van der Waals surface area contributed by atoms with Gasteiger partial charge in [-0.25, -0.2) is 28.2 Å². The lowest BCUT2D eigenvalue weighted by molar-refractivity contribution is -0.0189. The van der Waals surface area contributed by atoms with E-state index >= 15 is 0 Å². The van der Waals surface area contributed by atoms with Gasteiger partial charge >= 0.3 is 5.97 Å².